The van der Waals surface area contributed by atoms with Crippen LogP contribution in [0.3, 0.4) is 0 Å². The topological polar surface area (TPSA) is 69.6 Å². The molecule has 0 aromatic carbocycles. The van der Waals surface area contributed by atoms with E-state index in [0.717, 1.165) is 0 Å². The van der Waals surface area contributed by atoms with Gasteiger partial charge in [-0.05, 0) is 25.0 Å². The highest BCUT2D eigenvalue weighted by molar-refractivity contribution is 7.17. The lowest BCUT2D eigenvalue weighted by Gasteiger charge is -2.11. The Hall–Kier alpha value is -0.620. The molecule has 94 valence electrons. The molecule has 1 aromatic rings. The van der Waals surface area contributed by atoms with Gasteiger partial charge in [-0.1, -0.05) is 11.6 Å². The standard InChI is InChI=1S/C11H14ClNO3S/c12-10-2-1-9(17-10)11(16)13-7-3-6(5-14)8(15)4-7/h1-2,6-8,14-15H,3-5H2,(H,13,16)/t6-,7+,8+/m1/s1. The minimum atomic E-state index is -0.530. The average Bonchev–Trinajstić information content (AvgIpc) is 2.85. The summed E-state index contributed by atoms with van der Waals surface area (Å²) < 4.78 is 0.579. The first-order valence-electron chi connectivity index (χ1n) is 5.45. The van der Waals surface area contributed by atoms with Crippen LogP contribution < -0.4 is 5.32 Å². The largest absolute Gasteiger partial charge is 0.396 e. The maximum absolute atomic E-state index is 11.8. The molecule has 3 N–H and O–H groups in total. The normalized spacial score (nSPS) is 28.3. The molecule has 0 bridgehead atoms. The van der Waals surface area contributed by atoms with Crippen molar-refractivity contribution in [3.05, 3.63) is 21.3 Å². The Labute approximate surface area is 108 Å². The minimum absolute atomic E-state index is 0.0433. The van der Waals surface area contributed by atoms with Crippen LogP contribution in [0.2, 0.25) is 4.34 Å². The number of rotatable bonds is 3. The van der Waals surface area contributed by atoms with Crippen LogP contribution in [0, 0.1) is 5.92 Å². The van der Waals surface area contributed by atoms with Crippen molar-refractivity contribution in [3.63, 3.8) is 0 Å². The molecule has 0 saturated heterocycles. The summed E-state index contributed by atoms with van der Waals surface area (Å²) in [5.41, 5.74) is 0. The van der Waals surface area contributed by atoms with Gasteiger partial charge >= 0.3 is 0 Å². The zero-order chi connectivity index (χ0) is 12.4. The fourth-order valence-corrected chi connectivity index (χ4v) is 3.06. The molecule has 17 heavy (non-hydrogen) atoms. The summed E-state index contributed by atoms with van der Waals surface area (Å²) in [6, 6.07) is 3.29. The number of thiophene rings is 1. The average molecular weight is 276 g/mol. The number of hydrogen-bond donors (Lipinski definition) is 3. The Balaban J connectivity index is 1.92. The molecular weight excluding hydrogens is 262 g/mol. The molecule has 2 rings (SSSR count). The summed E-state index contributed by atoms with van der Waals surface area (Å²) in [5, 5.41) is 21.5. The van der Waals surface area contributed by atoms with Gasteiger partial charge in [-0.15, -0.1) is 11.3 Å². The van der Waals surface area contributed by atoms with E-state index >= 15 is 0 Å². The second kappa shape index (κ2) is 5.35. The molecule has 0 spiro atoms. The fraction of sp³-hybridized carbons (Fsp3) is 0.545. The smallest absolute Gasteiger partial charge is 0.261 e. The lowest BCUT2D eigenvalue weighted by atomic mass is 10.1. The van der Waals surface area contributed by atoms with Gasteiger partial charge in [-0.3, -0.25) is 4.79 Å². The Morgan fingerprint density at radius 3 is 2.82 bits per heavy atom. The summed E-state index contributed by atoms with van der Waals surface area (Å²) in [6.07, 6.45) is 0.579. The number of aliphatic hydroxyl groups excluding tert-OH is 2. The second-order valence-corrected chi connectivity index (χ2v) is 5.97. The Kier molecular flexibility index (Phi) is 4.04. The molecule has 1 aliphatic carbocycles. The first-order valence-corrected chi connectivity index (χ1v) is 6.64. The lowest BCUT2D eigenvalue weighted by Crippen LogP contribution is -2.32. The molecule has 1 fully saturated rings. The van der Waals surface area contributed by atoms with Crippen molar-refractivity contribution >= 4 is 28.8 Å². The number of carbonyl (C=O) groups is 1. The van der Waals surface area contributed by atoms with Crippen molar-refractivity contribution in [2.75, 3.05) is 6.61 Å². The van der Waals surface area contributed by atoms with Crippen LogP contribution in [0.4, 0.5) is 0 Å². The maximum Gasteiger partial charge on any atom is 0.261 e. The van der Waals surface area contributed by atoms with E-state index in [2.05, 4.69) is 5.32 Å². The molecule has 1 amide bonds. The molecule has 6 heteroatoms. The molecule has 1 aliphatic rings. The molecule has 1 aromatic heterocycles. The van der Waals surface area contributed by atoms with Gasteiger partial charge in [-0.2, -0.15) is 0 Å². The highest BCUT2D eigenvalue weighted by Crippen LogP contribution is 2.27. The van der Waals surface area contributed by atoms with Gasteiger partial charge in [0, 0.05) is 18.6 Å². The third-order valence-electron chi connectivity index (χ3n) is 3.02. The van der Waals surface area contributed by atoms with E-state index in [1.165, 1.54) is 11.3 Å². The fourth-order valence-electron chi connectivity index (χ4n) is 2.11. The van der Waals surface area contributed by atoms with Crippen molar-refractivity contribution < 1.29 is 15.0 Å². The van der Waals surface area contributed by atoms with E-state index in [1.54, 1.807) is 12.1 Å². The van der Waals surface area contributed by atoms with E-state index in [9.17, 15) is 9.90 Å². The van der Waals surface area contributed by atoms with Crippen molar-refractivity contribution in [2.24, 2.45) is 5.92 Å². The highest BCUT2D eigenvalue weighted by atomic mass is 35.5. The second-order valence-electron chi connectivity index (χ2n) is 4.26. The summed E-state index contributed by atoms with van der Waals surface area (Å²) >= 11 is 6.98. The van der Waals surface area contributed by atoms with E-state index in [4.69, 9.17) is 16.7 Å². The summed E-state index contributed by atoms with van der Waals surface area (Å²) in [7, 11) is 0. The summed E-state index contributed by atoms with van der Waals surface area (Å²) in [4.78, 5) is 12.4. The molecule has 3 atom stereocenters. The Morgan fingerprint density at radius 1 is 1.53 bits per heavy atom. The molecule has 1 saturated carbocycles. The van der Waals surface area contributed by atoms with Crippen LogP contribution in [0.15, 0.2) is 12.1 Å². The third-order valence-corrected chi connectivity index (χ3v) is 4.25. The number of hydrogen-bond acceptors (Lipinski definition) is 4. The summed E-state index contributed by atoms with van der Waals surface area (Å²) in [5.74, 6) is -0.301. The van der Waals surface area contributed by atoms with Crippen molar-refractivity contribution in [1.82, 2.24) is 5.32 Å². The van der Waals surface area contributed by atoms with E-state index in [1.807, 2.05) is 0 Å². The SMILES string of the molecule is O=C(N[C@H]1C[C@H](CO)[C@@H](O)C1)c1ccc(Cl)s1. The van der Waals surface area contributed by atoms with Gasteiger partial charge in [0.25, 0.3) is 5.91 Å². The van der Waals surface area contributed by atoms with Crippen LogP contribution >= 0.6 is 22.9 Å². The molecule has 0 unspecified atom stereocenters. The lowest BCUT2D eigenvalue weighted by molar-refractivity contribution is 0.0904. The van der Waals surface area contributed by atoms with Crippen LogP contribution in [-0.2, 0) is 0 Å². The molecular formula is C11H14ClNO3S. The van der Waals surface area contributed by atoms with Gasteiger partial charge in [-0.25, -0.2) is 0 Å². The van der Waals surface area contributed by atoms with Crippen molar-refractivity contribution in [3.8, 4) is 0 Å². The van der Waals surface area contributed by atoms with E-state index in [0.29, 0.717) is 22.1 Å². The van der Waals surface area contributed by atoms with Crippen LogP contribution in [0.5, 0.6) is 0 Å². The number of amides is 1. The van der Waals surface area contributed by atoms with Crippen molar-refractivity contribution in [1.29, 1.82) is 0 Å². The minimum Gasteiger partial charge on any atom is -0.396 e. The van der Waals surface area contributed by atoms with E-state index in [-0.39, 0.29) is 24.5 Å². The maximum atomic E-state index is 11.8. The van der Waals surface area contributed by atoms with E-state index < -0.39 is 6.10 Å². The highest BCUT2D eigenvalue weighted by Gasteiger charge is 2.33. The van der Waals surface area contributed by atoms with Crippen LogP contribution in [0.1, 0.15) is 22.5 Å². The Bertz CT molecular complexity index is 409. The predicted molar refractivity (Wildman–Crippen MR) is 66.4 cm³/mol. The van der Waals surface area contributed by atoms with Crippen LogP contribution in [-0.4, -0.2) is 34.9 Å². The van der Waals surface area contributed by atoms with Gasteiger partial charge in [0.2, 0.25) is 0 Å². The molecule has 4 nitrogen and oxygen atoms in total. The number of aliphatic hydroxyl groups is 2. The number of halogens is 1. The van der Waals surface area contributed by atoms with Gasteiger partial charge in [0.05, 0.1) is 15.3 Å². The number of carbonyl (C=O) groups excluding carboxylic acids is 1. The van der Waals surface area contributed by atoms with Gasteiger partial charge < -0.3 is 15.5 Å². The first kappa shape index (κ1) is 12.8. The molecule has 0 aliphatic heterocycles. The summed E-state index contributed by atoms with van der Waals surface area (Å²) in [6.45, 7) is -0.0433. The predicted octanol–water partition coefficient (Wildman–Crippen LogP) is 1.26. The third kappa shape index (κ3) is 2.98. The Morgan fingerprint density at radius 2 is 2.29 bits per heavy atom. The zero-order valence-corrected chi connectivity index (χ0v) is 10.7. The first-order chi connectivity index (χ1) is 8.10. The number of nitrogens with one attached hydrogen (secondary N) is 1. The van der Waals surface area contributed by atoms with Crippen LogP contribution in [0.25, 0.3) is 0 Å². The zero-order valence-electron chi connectivity index (χ0n) is 9.10. The quantitative estimate of drug-likeness (QED) is 0.778. The van der Waals surface area contributed by atoms with Gasteiger partial charge in [0.1, 0.15) is 0 Å². The van der Waals surface area contributed by atoms with Gasteiger partial charge in [0.15, 0.2) is 0 Å². The molecule has 0 radical (unpaired) electrons. The monoisotopic (exact) mass is 275 g/mol. The van der Waals surface area contributed by atoms with Crippen molar-refractivity contribution in [2.45, 2.75) is 25.0 Å². The molecule has 1 heterocycles.